The first kappa shape index (κ1) is 31.2. The molecule has 1 aromatic heterocycles. The minimum atomic E-state index is -0.716. The number of nitrogens with zero attached hydrogens (tertiary/aromatic N) is 4. The summed E-state index contributed by atoms with van der Waals surface area (Å²) in [5, 5.41) is 37.8. The lowest BCUT2D eigenvalue weighted by atomic mass is 9.91. The van der Waals surface area contributed by atoms with Crippen LogP contribution in [0.5, 0.6) is 5.75 Å². The number of phenolic OH excluding ortho intramolecular Hbond substituents is 1. The first-order valence-electron chi connectivity index (χ1n) is 14.9. The Kier molecular flexibility index (Phi) is 9.89. The fraction of sp³-hybridized carbons (Fsp3) is 0.235. The highest BCUT2D eigenvalue weighted by atomic mass is 32.2. The molecule has 0 saturated carbocycles. The molecule has 1 aliphatic rings. The number of aliphatic hydroxyl groups excluding tert-OH is 1. The topological polar surface area (TPSA) is 144 Å². The van der Waals surface area contributed by atoms with Crippen LogP contribution in [-0.4, -0.2) is 48.3 Å². The van der Waals surface area contributed by atoms with E-state index in [1.807, 2.05) is 78.9 Å². The number of rotatable bonds is 10. The predicted octanol–water partition coefficient (Wildman–Crippen LogP) is 5.77. The number of carbonyl (C=O) groups is 1. The van der Waals surface area contributed by atoms with Gasteiger partial charge in [0, 0.05) is 29.5 Å². The molecule has 1 saturated heterocycles. The monoisotopic (exact) mass is 638 g/mol. The molecule has 4 N–H and O–H groups in total. The van der Waals surface area contributed by atoms with Gasteiger partial charge in [-0.15, -0.1) is 5.10 Å². The van der Waals surface area contributed by atoms with Crippen molar-refractivity contribution >= 4 is 23.5 Å². The molecule has 6 rings (SSSR count). The summed E-state index contributed by atoms with van der Waals surface area (Å²) in [6, 6.07) is 31.2. The number of aromatic hydroxyl groups is 1. The summed E-state index contributed by atoms with van der Waals surface area (Å²) in [6.45, 7) is 2.45. The molecule has 0 spiro atoms. The average molecular weight is 639 g/mol. The summed E-state index contributed by atoms with van der Waals surface area (Å²) in [5.41, 5.74) is 4.88. The molecule has 12 heteroatoms. The number of ether oxygens (including phenoxy) is 2. The third-order valence-corrected chi connectivity index (χ3v) is 8.76. The van der Waals surface area contributed by atoms with Gasteiger partial charge < -0.3 is 30.3 Å². The molecule has 2 amide bonds. The van der Waals surface area contributed by atoms with Gasteiger partial charge in [-0.05, 0) is 63.5 Å². The van der Waals surface area contributed by atoms with Crippen LogP contribution in [0.4, 0.5) is 10.5 Å². The van der Waals surface area contributed by atoms with Gasteiger partial charge in [-0.1, -0.05) is 85.4 Å². The number of aromatic nitrogens is 4. The minimum Gasteiger partial charge on any atom is -0.508 e. The zero-order valence-corrected chi connectivity index (χ0v) is 25.9. The van der Waals surface area contributed by atoms with E-state index in [0.29, 0.717) is 23.1 Å². The van der Waals surface area contributed by atoms with E-state index in [2.05, 4.69) is 33.1 Å². The number of nitrogens with one attached hydrogen (secondary N) is 2. The second-order valence-electron chi connectivity index (χ2n) is 10.9. The van der Waals surface area contributed by atoms with E-state index >= 15 is 0 Å². The third kappa shape index (κ3) is 7.54. The number of amides is 2. The maximum absolute atomic E-state index is 12.7. The molecular weight excluding hydrogens is 604 g/mol. The third-order valence-electron chi connectivity index (χ3n) is 7.75. The van der Waals surface area contributed by atoms with E-state index in [9.17, 15) is 15.0 Å². The van der Waals surface area contributed by atoms with Gasteiger partial charge in [-0.25, -0.2) is 4.79 Å². The summed E-state index contributed by atoms with van der Waals surface area (Å²) in [7, 11) is 0. The Morgan fingerprint density at radius 1 is 0.913 bits per heavy atom. The van der Waals surface area contributed by atoms with Crippen molar-refractivity contribution in [3.05, 3.63) is 125 Å². The molecule has 4 atom stereocenters. The maximum atomic E-state index is 12.7. The Morgan fingerprint density at radius 3 is 2.46 bits per heavy atom. The number of aliphatic hydroxyl groups is 1. The van der Waals surface area contributed by atoms with Crippen molar-refractivity contribution in [3.8, 4) is 11.4 Å². The molecule has 1 aliphatic heterocycles. The van der Waals surface area contributed by atoms with Crippen LogP contribution in [0, 0.1) is 5.92 Å². The molecule has 1 fully saturated rings. The van der Waals surface area contributed by atoms with E-state index in [4.69, 9.17) is 9.47 Å². The number of phenols is 1. The van der Waals surface area contributed by atoms with Gasteiger partial charge in [0.2, 0.25) is 5.16 Å². The minimum absolute atomic E-state index is 0.0408. The van der Waals surface area contributed by atoms with Gasteiger partial charge in [0.25, 0.3) is 0 Å². The summed E-state index contributed by atoms with van der Waals surface area (Å²) in [5.74, 6) is 0.642. The van der Waals surface area contributed by atoms with Crippen LogP contribution < -0.4 is 10.6 Å². The highest BCUT2D eigenvalue weighted by Crippen LogP contribution is 2.43. The van der Waals surface area contributed by atoms with Gasteiger partial charge in [0.15, 0.2) is 6.29 Å². The lowest BCUT2D eigenvalue weighted by molar-refractivity contribution is -0.268. The first-order valence-corrected chi connectivity index (χ1v) is 15.9. The van der Waals surface area contributed by atoms with Crippen molar-refractivity contribution in [2.24, 2.45) is 5.92 Å². The Morgan fingerprint density at radius 2 is 1.70 bits per heavy atom. The molecule has 0 unspecified atom stereocenters. The smallest absolute Gasteiger partial charge is 0.319 e. The number of hydrogen-bond donors (Lipinski definition) is 4. The second-order valence-corrected chi connectivity index (χ2v) is 11.9. The molecular formula is C34H34N6O5S. The standard InChI is InChI=1S/C34H34N6O5S/c1-22-30(21-46-34-37-38-39-40(34)28-14-16-29(42)17-15-28)44-32(45-31(22)25-12-10-24(20-41)11-13-25)26-8-5-9-27(18-26)36-33(43)35-19-23-6-3-2-4-7-23/h2-18,22,30-32,41-42H,19-21H2,1H3,(H2,35,36,43)/t22-,30+,31+,32+/m1/s1. The Labute approximate surface area is 270 Å². The average Bonchev–Trinajstić information content (AvgIpc) is 3.56. The number of tetrazole rings is 1. The summed E-state index contributed by atoms with van der Waals surface area (Å²) in [4.78, 5) is 12.7. The van der Waals surface area contributed by atoms with E-state index in [1.54, 1.807) is 28.9 Å². The fourth-order valence-electron chi connectivity index (χ4n) is 5.21. The normalized spacial score (nSPS) is 19.4. The zero-order valence-electron chi connectivity index (χ0n) is 25.1. The van der Waals surface area contributed by atoms with Crippen molar-refractivity contribution in [1.29, 1.82) is 0 Å². The number of urea groups is 1. The van der Waals surface area contributed by atoms with Crippen LogP contribution in [0.15, 0.2) is 108 Å². The van der Waals surface area contributed by atoms with Crippen molar-refractivity contribution in [3.63, 3.8) is 0 Å². The largest absolute Gasteiger partial charge is 0.508 e. The van der Waals surface area contributed by atoms with Crippen molar-refractivity contribution in [2.75, 3.05) is 11.1 Å². The van der Waals surface area contributed by atoms with Crippen LogP contribution in [-0.2, 0) is 22.6 Å². The van der Waals surface area contributed by atoms with Crippen LogP contribution >= 0.6 is 11.8 Å². The van der Waals surface area contributed by atoms with Crippen LogP contribution in [0.3, 0.4) is 0 Å². The van der Waals surface area contributed by atoms with Crippen LogP contribution in [0.1, 0.15) is 41.6 Å². The lowest BCUT2D eigenvalue weighted by Gasteiger charge is -2.41. The summed E-state index contributed by atoms with van der Waals surface area (Å²) in [6.07, 6.45) is -1.29. The summed E-state index contributed by atoms with van der Waals surface area (Å²) < 4.78 is 14.8. The van der Waals surface area contributed by atoms with E-state index in [-0.39, 0.29) is 36.5 Å². The fourth-order valence-corrected chi connectivity index (χ4v) is 6.26. The number of hydrogen-bond acceptors (Lipinski definition) is 9. The Hall–Kier alpha value is -4.75. The first-order chi connectivity index (χ1) is 22.5. The SMILES string of the molecule is C[C@@H]1[C@H](CSc2nnnn2-c2ccc(O)cc2)O[C@H](c2cccc(NC(=O)NCc3ccccc3)c2)O[C@@H]1c1ccc(CO)cc1. The molecule has 0 aliphatic carbocycles. The van der Waals surface area contributed by atoms with Gasteiger partial charge in [-0.2, -0.15) is 4.68 Å². The van der Waals surface area contributed by atoms with E-state index < -0.39 is 6.29 Å². The molecule has 11 nitrogen and oxygen atoms in total. The van der Waals surface area contributed by atoms with Crippen molar-refractivity contribution < 1.29 is 24.5 Å². The number of anilines is 1. The zero-order chi connectivity index (χ0) is 31.9. The molecule has 2 heterocycles. The molecule has 4 aromatic carbocycles. The Bertz CT molecular complexity index is 1740. The van der Waals surface area contributed by atoms with Crippen LogP contribution in [0.25, 0.3) is 5.69 Å². The van der Waals surface area contributed by atoms with Gasteiger partial charge in [-0.3, -0.25) is 0 Å². The highest BCUT2D eigenvalue weighted by Gasteiger charge is 2.38. The van der Waals surface area contributed by atoms with E-state index in [1.165, 1.54) is 11.8 Å². The molecule has 0 radical (unpaired) electrons. The molecule has 0 bridgehead atoms. The van der Waals surface area contributed by atoms with Gasteiger partial charge in [0.05, 0.1) is 24.5 Å². The lowest BCUT2D eigenvalue weighted by Crippen LogP contribution is -2.38. The second kappa shape index (κ2) is 14.6. The van der Waals surface area contributed by atoms with Crippen LogP contribution in [0.2, 0.25) is 0 Å². The number of carbonyl (C=O) groups excluding carboxylic acids is 1. The molecule has 5 aromatic rings. The number of benzene rings is 4. The highest BCUT2D eigenvalue weighted by molar-refractivity contribution is 7.99. The van der Waals surface area contributed by atoms with Crippen molar-refractivity contribution in [2.45, 2.75) is 43.7 Å². The van der Waals surface area contributed by atoms with E-state index in [0.717, 1.165) is 27.9 Å². The number of thioether (sulfide) groups is 1. The summed E-state index contributed by atoms with van der Waals surface area (Å²) >= 11 is 1.46. The van der Waals surface area contributed by atoms with Gasteiger partial charge in [0.1, 0.15) is 5.75 Å². The quantitative estimate of drug-likeness (QED) is 0.140. The van der Waals surface area contributed by atoms with Gasteiger partial charge >= 0.3 is 6.03 Å². The Balaban J connectivity index is 1.20. The molecule has 236 valence electrons. The maximum Gasteiger partial charge on any atom is 0.319 e. The van der Waals surface area contributed by atoms with Crippen molar-refractivity contribution in [1.82, 2.24) is 25.5 Å². The molecule has 46 heavy (non-hydrogen) atoms. The predicted molar refractivity (Wildman–Crippen MR) is 173 cm³/mol.